The van der Waals surface area contributed by atoms with Crippen molar-refractivity contribution in [2.45, 2.75) is 71.8 Å². The van der Waals surface area contributed by atoms with Crippen molar-refractivity contribution in [1.82, 2.24) is 5.32 Å². The molecule has 0 radical (unpaired) electrons. The Morgan fingerprint density at radius 3 is 2.21 bits per heavy atom. The van der Waals surface area contributed by atoms with E-state index in [1.165, 1.54) is 68.2 Å². The van der Waals surface area contributed by atoms with Gasteiger partial charge in [0.1, 0.15) is 0 Å². The summed E-state index contributed by atoms with van der Waals surface area (Å²) >= 11 is 0. The predicted molar refractivity (Wildman–Crippen MR) is 83.8 cm³/mol. The predicted octanol–water partition coefficient (Wildman–Crippen LogP) is 4.47. The number of nitrogens with one attached hydrogen (secondary N) is 1. The minimum absolute atomic E-state index is 0.873. The minimum Gasteiger partial charge on any atom is -0.314 e. The lowest BCUT2D eigenvalue weighted by Gasteiger charge is -2.11. The summed E-state index contributed by atoms with van der Waals surface area (Å²) in [7, 11) is 0. The highest BCUT2D eigenvalue weighted by atomic mass is 14.9. The Kier molecular flexibility index (Phi) is 5.45. The van der Waals surface area contributed by atoms with E-state index >= 15 is 0 Å². The summed E-state index contributed by atoms with van der Waals surface area (Å²) in [4.78, 5) is 0. The van der Waals surface area contributed by atoms with Crippen LogP contribution in [-0.4, -0.2) is 12.6 Å². The van der Waals surface area contributed by atoms with Gasteiger partial charge in [-0.2, -0.15) is 0 Å². The van der Waals surface area contributed by atoms with Crippen LogP contribution in [0.3, 0.4) is 0 Å². The zero-order chi connectivity index (χ0) is 13.7. The largest absolute Gasteiger partial charge is 0.314 e. The van der Waals surface area contributed by atoms with Gasteiger partial charge in [-0.1, -0.05) is 30.5 Å². The summed E-state index contributed by atoms with van der Waals surface area (Å²) < 4.78 is 0. The fourth-order valence-electron chi connectivity index (χ4n) is 2.98. The highest BCUT2D eigenvalue weighted by molar-refractivity contribution is 5.37. The molecule has 0 aliphatic heterocycles. The standard InChI is InChI=1S/C18H29N/c1-14-12-15(2)18(16(3)13-14)8-6-4-5-7-11-19-17-9-10-17/h12-13,17,19H,4-11H2,1-3H3. The Balaban J connectivity index is 1.62. The first-order chi connectivity index (χ1) is 9.16. The lowest BCUT2D eigenvalue weighted by Crippen LogP contribution is -2.17. The number of hydrogen-bond donors (Lipinski definition) is 1. The van der Waals surface area contributed by atoms with Crippen LogP contribution >= 0.6 is 0 Å². The van der Waals surface area contributed by atoms with Gasteiger partial charge in [0.15, 0.2) is 0 Å². The Morgan fingerprint density at radius 2 is 1.58 bits per heavy atom. The normalized spacial score (nSPS) is 14.9. The minimum atomic E-state index is 0.873. The van der Waals surface area contributed by atoms with E-state index in [1.807, 2.05) is 0 Å². The second-order valence-electron chi connectivity index (χ2n) is 6.27. The molecule has 0 spiro atoms. The molecule has 1 aromatic rings. The van der Waals surface area contributed by atoms with Gasteiger partial charge in [-0.3, -0.25) is 0 Å². The fraction of sp³-hybridized carbons (Fsp3) is 0.667. The van der Waals surface area contributed by atoms with E-state index in [1.54, 1.807) is 5.56 Å². The molecule has 0 heterocycles. The molecular weight excluding hydrogens is 230 g/mol. The van der Waals surface area contributed by atoms with Crippen molar-refractivity contribution in [2.24, 2.45) is 0 Å². The molecule has 1 nitrogen and oxygen atoms in total. The number of unbranched alkanes of at least 4 members (excludes halogenated alkanes) is 3. The van der Waals surface area contributed by atoms with Gasteiger partial charge in [-0.25, -0.2) is 0 Å². The SMILES string of the molecule is Cc1cc(C)c(CCCCCCNC2CC2)c(C)c1. The number of benzene rings is 1. The Labute approximate surface area is 118 Å². The van der Waals surface area contributed by atoms with Crippen LogP contribution < -0.4 is 5.32 Å². The third-order valence-corrected chi connectivity index (χ3v) is 4.20. The third-order valence-electron chi connectivity index (χ3n) is 4.20. The average molecular weight is 259 g/mol. The number of hydrogen-bond acceptors (Lipinski definition) is 1. The van der Waals surface area contributed by atoms with Crippen LogP contribution in [0.1, 0.15) is 60.8 Å². The monoisotopic (exact) mass is 259 g/mol. The highest BCUT2D eigenvalue weighted by Crippen LogP contribution is 2.20. The summed E-state index contributed by atoms with van der Waals surface area (Å²) in [5.41, 5.74) is 5.94. The van der Waals surface area contributed by atoms with E-state index < -0.39 is 0 Å². The van der Waals surface area contributed by atoms with E-state index in [9.17, 15) is 0 Å². The Hall–Kier alpha value is -0.820. The second kappa shape index (κ2) is 7.09. The van der Waals surface area contributed by atoms with Crippen LogP contribution in [0, 0.1) is 20.8 Å². The van der Waals surface area contributed by atoms with Crippen molar-refractivity contribution in [1.29, 1.82) is 0 Å². The summed E-state index contributed by atoms with van der Waals surface area (Å²) in [6.45, 7) is 7.94. The zero-order valence-electron chi connectivity index (χ0n) is 12.9. The van der Waals surface area contributed by atoms with Crippen LogP contribution in [-0.2, 0) is 6.42 Å². The van der Waals surface area contributed by atoms with Crippen LogP contribution in [0.5, 0.6) is 0 Å². The molecule has 1 N–H and O–H groups in total. The number of aryl methyl sites for hydroxylation is 3. The Morgan fingerprint density at radius 1 is 0.947 bits per heavy atom. The summed E-state index contributed by atoms with van der Waals surface area (Å²) in [6, 6.07) is 5.52. The highest BCUT2D eigenvalue weighted by Gasteiger charge is 2.19. The van der Waals surface area contributed by atoms with Gasteiger partial charge < -0.3 is 5.32 Å². The fourth-order valence-corrected chi connectivity index (χ4v) is 2.98. The van der Waals surface area contributed by atoms with Crippen LogP contribution in [0.4, 0.5) is 0 Å². The molecule has 0 aromatic heterocycles. The molecule has 0 atom stereocenters. The lowest BCUT2D eigenvalue weighted by molar-refractivity contribution is 0.585. The van der Waals surface area contributed by atoms with Crippen molar-refractivity contribution in [2.75, 3.05) is 6.54 Å². The second-order valence-corrected chi connectivity index (χ2v) is 6.27. The quantitative estimate of drug-likeness (QED) is 0.679. The molecule has 1 heteroatoms. The topological polar surface area (TPSA) is 12.0 Å². The van der Waals surface area contributed by atoms with Crippen molar-refractivity contribution in [3.63, 3.8) is 0 Å². The zero-order valence-corrected chi connectivity index (χ0v) is 12.9. The molecule has 0 saturated heterocycles. The molecule has 1 aromatic carbocycles. The van der Waals surface area contributed by atoms with Crippen molar-refractivity contribution < 1.29 is 0 Å². The maximum absolute atomic E-state index is 3.59. The van der Waals surface area contributed by atoms with Gasteiger partial charge >= 0.3 is 0 Å². The molecule has 2 rings (SSSR count). The van der Waals surface area contributed by atoms with Gasteiger partial charge in [-0.05, 0) is 76.1 Å². The van der Waals surface area contributed by atoms with E-state index in [0.717, 1.165) is 6.04 Å². The van der Waals surface area contributed by atoms with E-state index in [-0.39, 0.29) is 0 Å². The van der Waals surface area contributed by atoms with E-state index in [4.69, 9.17) is 0 Å². The van der Waals surface area contributed by atoms with Crippen molar-refractivity contribution in [3.8, 4) is 0 Å². The Bertz CT molecular complexity index is 381. The first kappa shape index (κ1) is 14.6. The summed E-state index contributed by atoms with van der Waals surface area (Å²) in [6.07, 6.45) is 9.52. The van der Waals surface area contributed by atoms with Crippen LogP contribution in [0.15, 0.2) is 12.1 Å². The average Bonchev–Trinajstić information content (AvgIpc) is 3.14. The van der Waals surface area contributed by atoms with Gasteiger partial charge in [0.2, 0.25) is 0 Å². The molecule has 0 amide bonds. The van der Waals surface area contributed by atoms with Crippen molar-refractivity contribution >= 4 is 0 Å². The molecule has 0 bridgehead atoms. The summed E-state index contributed by atoms with van der Waals surface area (Å²) in [5.74, 6) is 0. The number of rotatable bonds is 8. The van der Waals surface area contributed by atoms with Crippen LogP contribution in [0.2, 0.25) is 0 Å². The first-order valence-corrected chi connectivity index (χ1v) is 7.97. The molecule has 1 saturated carbocycles. The first-order valence-electron chi connectivity index (χ1n) is 7.97. The lowest BCUT2D eigenvalue weighted by atomic mass is 9.95. The molecule has 19 heavy (non-hydrogen) atoms. The summed E-state index contributed by atoms with van der Waals surface area (Å²) in [5, 5.41) is 3.59. The molecule has 1 fully saturated rings. The van der Waals surface area contributed by atoms with E-state index in [0.29, 0.717) is 0 Å². The maximum atomic E-state index is 3.59. The molecule has 0 unspecified atom stereocenters. The maximum Gasteiger partial charge on any atom is 0.00682 e. The van der Waals surface area contributed by atoms with Gasteiger partial charge in [-0.15, -0.1) is 0 Å². The van der Waals surface area contributed by atoms with E-state index in [2.05, 4.69) is 38.2 Å². The molecular formula is C18H29N. The molecule has 106 valence electrons. The smallest absolute Gasteiger partial charge is 0.00682 e. The van der Waals surface area contributed by atoms with Crippen LogP contribution in [0.25, 0.3) is 0 Å². The van der Waals surface area contributed by atoms with Crippen molar-refractivity contribution in [3.05, 3.63) is 34.4 Å². The van der Waals surface area contributed by atoms with Gasteiger partial charge in [0.25, 0.3) is 0 Å². The van der Waals surface area contributed by atoms with Gasteiger partial charge in [0, 0.05) is 6.04 Å². The molecule has 1 aliphatic carbocycles. The molecule has 1 aliphatic rings. The van der Waals surface area contributed by atoms with Gasteiger partial charge in [0.05, 0.1) is 0 Å². The third kappa shape index (κ3) is 4.99.